The summed E-state index contributed by atoms with van der Waals surface area (Å²) >= 11 is 0. The van der Waals surface area contributed by atoms with Crippen LogP contribution < -0.4 is 0 Å². The molecule has 0 amide bonds. The van der Waals surface area contributed by atoms with Gasteiger partial charge in [-0.2, -0.15) is 6.92 Å². The molecule has 1 atom stereocenters. The van der Waals surface area contributed by atoms with Gasteiger partial charge in [0.2, 0.25) is 0 Å². The molecule has 0 spiro atoms. The first-order valence-corrected chi connectivity index (χ1v) is 3.96. The third-order valence-corrected chi connectivity index (χ3v) is 2.03. The van der Waals surface area contributed by atoms with Crippen LogP contribution >= 0.6 is 0 Å². The summed E-state index contributed by atoms with van der Waals surface area (Å²) in [6.07, 6.45) is 2.03. The molecule has 3 heteroatoms. The molecule has 1 radical (unpaired) electrons. The van der Waals surface area contributed by atoms with Gasteiger partial charge in [0.15, 0.2) is 11.5 Å². The Labute approximate surface area is 111 Å². The van der Waals surface area contributed by atoms with Gasteiger partial charge in [-0.3, -0.25) is 0 Å². The molecule has 1 aromatic carbocycles. The molecule has 0 saturated heterocycles. The molecule has 0 heterocycles. The Bertz CT molecular complexity index is 274. The number of aromatic hydroxyl groups is 2. The summed E-state index contributed by atoms with van der Waals surface area (Å²) in [5.74, 6) is 0.180. The first kappa shape index (κ1) is 16.4. The average Bonchev–Trinajstić information content (AvgIpc) is 2.08. The van der Waals surface area contributed by atoms with E-state index >= 15 is 0 Å². The molecule has 1 unspecified atom stereocenters. The second-order valence-corrected chi connectivity index (χ2v) is 2.87. The fourth-order valence-corrected chi connectivity index (χ4v) is 1.02. The van der Waals surface area contributed by atoms with Gasteiger partial charge in [0.1, 0.15) is 0 Å². The third kappa shape index (κ3) is 3.97. The van der Waals surface area contributed by atoms with E-state index in [0.717, 1.165) is 5.56 Å². The van der Waals surface area contributed by atoms with Gasteiger partial charge >= 0.3 is 0 Å². The Morgan fingerprint density at radius 2 is 1.79 bits per heavy atom. The van der Waals surface area contributed by atoms with E-state index in [1.807, 2.05) is 20.3 Å². The van der Waals surface area contributed by atoms with Gasteiger partial charge in [-0.1, -0.05) is 26.0 Å². The van der Waals surface area contributed by atoms with Crippen LogP contribution in [0.3, 0.4) is 0 Å². The van der Waals surface area contributed by atoms with Gasteiger partial charge in [0.25, 0.3) is 0 Å². The van der Waals surface area contributed by atoms with Crippen molar-refractivity contribution < 1.29 is 42.9 Å². The van der Waals surface area contributed by atoms with Crippen LogP contribution in [0.25, 0.3) is 0 Å². The average molecular weight is 270 g/mol. The van der Waals surface area contributed by atoms with Gasteiger partial charge in [-0.25, -0.2) is 0 Å². The van der Waals surface area contributed by atoms with Crippen LogP contribution in [0.2, 0.25) is 0 Å². The fraction of sp³-hybridized carbons (Fsp3) is 0.364. The molecule has 1 aromatic rings. The number of phenolic OH excluding ortho intramolecular Hbond substituents is 2. The molecule has 0 saturated carbocycles. The van der Waals surface area contributed by atoms with Gasteiger partial charge in [-0.15, -0.1) is 5.92 Å². The van der Waals surface area contributed by atoms with Gasteiger partial charge in [0.05, 0.1) is 0 Å². The quantitative estimate of drug-likeness (QED) is 0.640. The van der Waals surface area contributed by atoms with E-state index in [0.29, 0.717) is 5.92 Å². The van der Waals surface area contributed by atoms with Crippen molar-refractivity contribution in [3.63, 3.8) is 0 Å². The molecular formula is C11H17O2Y-. The molecule has 2 N–H and O–H groups in total. The summed E-state index contributed by atoms with van der Waals surface area (Å²) in [6, 6.07) is 4.89. The number of hydrogen-bond acceptors (Lipinski definition) is 2. The fourth-order valence-electron chi connectivity index (χ4n) is 1.02. The van der Waals surface area contributed by atoms with E-state index in [1.165, 1.54) is 6.07 Å². The van der Waals surface area contributed by atoms with Crippen molar-refractivity contribution >= 4 is 0 Å². The Balaban J connectivity index is 0. The molecular weight excluding hydrogens is 253 g/mol. The number of benzene rings is 1. The Kier molecular flexibility index (Phi) is 8.47. The monoisotopic (exact) mass is 270 g/mol. The number of hydrogen-bond donors (Lipinski definition) is 2. The molecule has 0 fully saturated rings. The SMILES string of the molecule is C.C[CH-]C(C)c1ccc(O)c(O)c1.[Y]. The van der Waals surface area contributed by atoms with Crippen LogP contribution in [-0.2, 0) is 32.7 Å². The molecule has 77 valence electrons. The molecule has 0 aromatic heterocycles. The zero-order valence-electron chi connectivity index (χ0n) is 7.86. The molecule has 0 bridgehead atoms. The zero-order valence-corrected chi connectivity index (χ0v) is 10.7. The second-order valence-electron chi connectivity index (χ2n) is 2.87. The van der Waals surface area contributed by atoms with E-state index in [2.05, 4.69) is 0 Å². The Morgan fingerprint density at radius 1 is 1.21 bits per heavy atom. The van der Waals surface area contributed by atoms with Crippen LogP contribution in [0.15, 0.2) is 18.2 Å². The minimum atomic E-state index is -0.0675. The summed E-state index contributed by atoms with van der Waals surface area (Å²) < 4.78 is 0. The van der Waals surface area contributed by atoms with Crippen molar-refractivity contribution in [1.82, 2.24) is 0 Å². The first-order chi connectivity index (χ1) is 5.65. The topological polar surface area (TPSA) is 40.5 Å². The van der Waals surface area contributed by atoms with Crippen LogP contribution in [0.1, 0.15) is 32.8 Å². The molecule has 0 aliphatic rings. The number of phenols is 2. The molecule has 1 rings (SSSR count). The second kappa shape index (κ2) is 7.25. The molecule has 0 aliphatic carbocycles. The van der Waals surface area contributed by atoms with Crippen molar-refractivity contribution in [2.75, 3.05) is 0 Å². The molecule has 0 aliphatic heterocycles. The van der Waals surface area contributed by atoms with E-state index in [1.54, 1.807) is 12.1 Å². The molecule has 14 heavy (non-hydrogen) atoms. The maximum absolute atomic E-state index is 9.18. The maximum atomic E-state index is 9.18. The van der Waals surface area contributed by atoms with Gasteiger partial charge in [-0.05, 0) is 12.1 Å². The van der Waals surface area contributed by atoms with Crippen LogP contribution in [0.4, 0.5) is 0 Å². The zero-order chi connectivity index (χ0) is 9.14. The Morgan fingerprint density at radius 3 is 2.21 bits per heavy atom. The van der Waals surface area contributed by atoms with Crippen LogP contribution in [0.5, 0.6) is 11.5 Å². The number of rotatable bonds is 2. The molecule has 2 nitrogen and oxygen atoms in total. The van der Waals surface area contributed by atoms with Crippen molar-refractivity contribution in [1.29, 1.82) is 0 Å². The smallest absolute Gasteiger partial charge is 0.157 e. The summed E-state index contributed by atoms with van der Waals surface area (Å²) in [5.41, 5.74) is 1.01. The standard InChI is InChI=1S/C10H13O2.CH4.Y/c1-3-7(2)8-4-5-9(11)10(12)6-8;;/h3-7,11-12H,1-2H3;1H4;/q-1;;. The minimum absolute atomic E-state index is 0. The van der Waals surface area contributed by atoms with Crippen molar-refractivity contribution in [2.45, 2.75) is 27.2 Å². The van der Waals surface area contributed by atoms with Gasteiger partial charge in [0, 0.05) is 32.7 Å². The predicted octanol–water partition coefficient (Wildman–Crippen LogP) is 3.06. The van der Waals surface area contributed by atoms with Crippen molar-refractivity contribution in [3.05, 3.63) is 30.2 Å². The summed E-state index contributed by atoms with van der Waals surface area (Å²) in [7, 11) is 0. The van der Waals surface area contributed by atoms with Crippen LogP contribution in [-0.4, -0.2) is 10.2 Å². The largest absolute Gasteiger partial charge is 0.504 e. The van der Waals surface area contributed by atoms with Crippen LogP contribution in [0, 0.1) is 6.42 Å². The van der Waals surface area contributed by atoms with Gasteiger partial charge < -0.3 is 16.6 Å². The maximum Gasteiger partial charge on any atom is 0.157 e. The summed E-state index contributed by atoms with van der Waals surface area (Å²) in [4.78, 5) is 0. The van der Waals surface area contributed by atoms with E-state index in [4.69, 9.17) is 5.11 Å². The van der Waals surface area contributed by atoms with E-state index in [-0.39, 0.29) is 51.6 Å². The summed E-state index contributed by atoms with van der Waals surface area (Å²) in [5, 5.41) is 18.2. The van der Waals surface area contributed by atoms with Crippen molar-refractivity contribution in [3.8, 4) is 11.5 Å². The Hall–Kier alpha value is -0.0761. The summed E-state index contributed by atoms with van der Waals surface area (Å²) in [6.45, 7) is 4.00. The normalized spacial score (nSPS) is 11.0. The predicted molar refractivity (Wildman–Crippen MR) is 54.9 cm³/mol. The first-order valence-electron chi connectivity index (χ1n) is 3.96. The van der Waals surface area contributed by atoms with Crippen molar-refractivity contribution in [2.24, 2.45) is 0 Å². The van der Waals surface area contributed by atoms with E-state index in [9.17, 15) is 5.11 Å². The third-order valence-electron chi connectivity index (χ3n) is 2.03. The minimum Gasteiger partial charge on any atom is -0.504 e. The van der Waals surface area contributed by atoms with E-state index < -0.39 is 0 Å².